The molecule has 3 rings (SSSR count). The zero-order valence-corrected chi connectivity index (χ0v) is 13.4. The van der Waals surface area contributed by atoms with Gasteiger partial charge in [-0.25, -0.2) is 4.79 Å². The summed E-state index contributed by atoms with van der Waals surface area (Å²) in [6, 6.07) is 11.3. The van der Waals surface area contributed by atoms with Crippen LogP contribution in [0.4, 0.5) is 0 Å². The minimum atomic E-state index is -0.851. The van der Waals surface area contributed by atoms with E-state index in [4.69, 9.17) is 4.74 Å². The molecule has 0 spiro atoms. The van der Waals surface area contributed by atoms with E-state index in [9.17, 15) is 9.59 Å². The smallest absolute Gasteiger partial charge is 0.341 e. The van der Waals surface area contributed by atoms with Gasteiger partial charge in [0.15, 0.2) is 6.10 Å². The van der Waals surface area contributed by atoms with Crippen LogP contribution in [-0.2, 0) is 16.1 Å². The fourth-order valence-corrected chi connectivity index (χ4v) is 2.89. The van der Waals surface area contributed by atoms with E-state index in [-0.39, 0.29) is 5.91 Å². The largest absolute Gasteiger partial charge is 0.449 e. The Hall–Kier alpha value is -2.60. The summed E-state index contributed by atoms with van der Waals surface area (Å²) in [5.41, 5.74) is 1.28. The molecule has 2 heterocycles. The molecule has 2 N–H and O–H groups in total. The van der Waals surface area contributed by atoms with E-state index < -0.39 is 12.1 Å². The molecule has 1 aromatic carbocycles. The Labute approximate surface area is 137 Å². The van der Waals surface area contributed by atoms with Crippen LogP contribution in [0.5, 0.6) is 0 Å². The van der Waals surface area contributed by atoms with Crippen molar-refractivity contribution in [1.82, 2.24) is 10.3 Å². The highest BCUT2D eigenvalue weighted by Gasteiger charge is 2.20. The molecule has 0 saturated carbocycles. The Balaban J connectivity index is 1.61. The number of carbonyl (C=O) groups is 2. The van der Waals surface area contributed by atoms with Crippen molar-refractivity contribution in [3.05, 3.63) is 58.4 Å². The SMILES string of the molecule is CC(OC(=O)c1c[nH]c2ccccc12)C(=O)NCc1cccs1. The molecule has 0 aliphatic rings. The van der Waals surface area contributed by atoms with E-state index >= 15 is 0 Å². The van der Waals surface area contributed by atoms with Gasteiger partial charge < -0.3 is 15.0 Å². The number of esters is 1. The molecule has 1 unspecified atom stereocenters. The van der Waals surface area contributed by atoms with Gasteiger partial charge in [0, 0.05) is 22.0 Å². The van der Waals surface area contributed by atoms with Crippen LogP contribution < -0.4 is 5.32 Å². The monoisotopic (exact) mass is 328 g/mol. The highest BCUT2D eigenvalue weighted by atomic mass is 32.1. The molecule has 1 atom stereocenters. The van der Waals surface area contributed by atoms with Gasteiger partial charge in [0.1, 0.15) is 0 Å². The molecule has 0 aliphatic carbocycles. The number of para-hydroxylation sites is 1. The summed E-state index contributed by atoms with van der Waals surface area (Å²) in [4.78, 5) is 28.3. The predicted octanol–water partition coefficient (Wildman–Crippen LogP) is 3.09. The quantitative estimate of drug-likeness (QED) is 0.707. The number of ether oxygens (including phenoxy) is 1. The lowest BCUT2D eigenvalue weighted by molar-refractivity contribution is -0.129. The number of rotatable bonds is 5. The summed E-state index contributed by atoms with van der Waals surface area (Å²) in [5, 5.41) is 5.49. The maximum Gasteiger partial charge on any atom is 0.341 e. The van der Waals surface area contributed by atoms with E-state index in [1.807, 2.05) is 41.8 Å². The number of benzene rings is 1. The average molecular weight is 328 g/mol. The second-order valence-electron chi connectivity index (χ2n) is 5.09. The molecule has 118 valence electrons. The van der Waals surface area contributed by atoms with E-state index in [1.165, 1.54) is 0 Å². The first kappa shape index (κ1) is 15.3. The van der Waals surface area contributed by atoms with Crippen molar-refractivity contribution >= 4 is 34.1 Å². The number of amides is 1. The molecule has 0 saturated heterocycles. The van der Waals surface area contributed by atoms with Crippen LogP contribution >= 0.6 is 11.3 Å². The lowest BCUT2D eigenvalue weighted by Crippen LogP contribution is -2.35. The molecule has 0 aliphatic heterocycles. The van der Waals surface area contributed by atoms with E-state index in [1.54, 1.807) is 24.5 Å². The summed E-state index contributed by atoms with van der Waals surface area (Å²) in [5.74, 6) is -0.826. The van der Waals surface area contributed by atoms with Crippen molar-refractivity contribution in [3.63, 3.8) is 0 Å². The first-order chi connectivity index (χ1) is 11.1. The fourth-order valence-electron chi connectivity index (χ4n) is 2.25. The van der Waals surface area contributed by atoms with Crippen LogP contribution in [0.3, 0.4) is 0 Å². The van der Waals surface area contributed by atoms with Gasteiger partial charge in [-0.1, -0.05) is 24.3 Å². The summed E-state index contributed by atoms with van der Waals surface area (Å²) in [7, 11) is 0. The maximum atomic E-state index is 12.2. The van der Waals surface area contributed by atoms with Crippen LogP contribution in [0.2, 0.25) is 0 Å². The highest BCUT2D eigenvalue weighted by Crippen LogP contribution is 2.19. The molecule has 6 heteroatoms. The number of aromatic amines is 1. The number of hydrogen-bond acceptors (Lipinski definition) is 4. The molecular weight excluding hydrogens is 312 g/mol. The molecule has 23 heavy (non-hydrogen) atoms. The van der Waals surface area contributed by atoms with Crippen LogP contribution in [0.15, 0.2) is 48.0 Å². The second kappa shape index (κ2) is 6.66. The molecule has 0 radical (unpaired) electrons. The van der Waals surface area contributed by atoms with Gasteiger partial charge in [-0.2, -0.15) is 0 Å². The Kier molecular flexibility index (Phi) is 4.43. The maximum absolute atomic E-state index is 12.2. The van der Waals surface area contributed by atoms with Crippen molar-refractivity contribution in [2.24, 2.45) is 0 Å². The van der Waals surface area contributed by atoms with Gasteiger partial charge in [-0.05, 0) is 24.4 Å². The first-order valence-electron chi connectivity index (χ1n) is 7.22. The Bertz CT molecular complexity index is 823. The summed E-state index contributed by atoms with van der Waals surface area (Å²) >= 11 is 1.56. The number of nitrogens with one attached hydrogen (secondary N) is 2. The molecule has 1 amide bonds. The van der Waals surface area contributed by atoms with Crippen LogP contribution in [0, 0.1) is 0 Å². The lowest BCUT2D eigenvalue weighted by atomic mass is 10.2. The van der Waals surface area contributed by atoms with Gasteiger partial charge >= 0.3 is 5.97 Å². The topological polar surface area (TPSA) is 71.2 Å². The van der Waals surface area contributed by atoms with Crippen molar-refractivity contribution in [2.45, 2.75) is 19.6 Å². The lowest BCUT2D eigenvalue weighted by Gasteiger charge is -2.12. The number of aromatic nitrogens is 1. The van der Waals surface area contributed by atoms with Gasteiger partial charge in [-0.3, -0.25) is 4.79 Å². The number of fused-ring (bicyclic) bond motifs is 1. The number of hydrogen-bond donors (Lipinski definition) is 2. The standard InChI is InChI=1S/C17H16N2O3S/c1-11(16(20)19-9-12-5-4-8-23-12)22-17(21)14-10-18-15-7-3-2-6-13(14)15/h2-8,10-11,18H,9H2,1H3,(H,19,20). The van der Waals surface area contributed by atoms with E-state index in [2.05, 4.69) is 10.3 Å². The van der Waals surface area contributed by atoms with Crippen LogP contribution in [-0.4, -0.2) is 23.0 Å². The zero-order chi connectivity index (χ0) is 16.2. The van der Waals surface area contributed by atoms with Crippen molar-refractivity contribution < 1.29 is 14.3 Å². The third-order valence-corrected chi connectivity index (χ3v) is 4.36. The van der Waals surface area contributed by atoms with Gasteiger partial charge in [0.25, 0.3) is 5.91 Å². The number of H-pyrrole nitrogens is 1. The van der Waals surface area contributed by atoms with Crippen molar-refractivity contribution in [2.75, 3.05) is 0 Å². The summed E-state index contributed by atoms with van der Waals surface area (Å²) in [6.07, 6.45) is 0.750. The third-order valence-electron chi connectivity index (χ3n) is 3.48. The zero-order valence-electron chi connectivity index (χ0n) is 12.5. The highest BCUT2D eigenvalue weighted by molar-refractivity contribution is 7.09. The Morgan fingerprint density at radius 3 is 2.87 bits per heavy atom. The molecule has 5 nitrogen and oxygen atoms in total. The number of thiophene rings is 1. The molecule has 2 aromatic heterocycles. The molecule has 0 fully saturated rings. The normalized spacial score (nSPS) is 12.0. The van der Waals surface area contributed by atoms with Crippen molar-refractivity contribution in [3.8, 4) is 0 Å². The fraction of sp³-hybridized carbons (Fsp3) is 0.176. The molecular formula is C17H16N2O3S. The van der Waals surface area contributed by atoms with Gasteiger partial charge in [0.2, 0.25) is 0 Å². The minimum absolute atomic E-state index is 0.313. The third kappa shape index (κ3) is 3.43. The van der Waals surface area contributed by atoms with E-state index in [0.29, 0.717) is 12.1 Å². The second-order valence-corrected chi connectivity index (χ2v) is 6.12. The Morgan fingerprint density at radius 1 is 1.26 bits per heavy atom. The van der Waals surface area contributed by atoms with Crippen molar-refractivity contribution in [1.29, 1.82) is 0 Å². The van der Waals surface area contributed by atoms with Gasteiger partial charge in [-0.15, -0.1) is 11.3 Å². The molecule has 3 aromatic rings. The summed E-state index contributed by atoms with van der Waals surface area (Å²) < 4.78 is 5.27. The molecule has 0 bridgehead atoms. The van der Waals surface area contributed by atoms with Crippen LogP contribution in [0.1, 0.15) is 22.2 Å². The number of carbonyl (C=O) groups excluding carboxylic acids is 2. The minimum Gasteiger partial charge on any atom is -0.449 e. The Morgan fingerprint density at radius 2 is 2.09 bits per heavy atom. The summed E-state index contributed by atoms with van der Waals surface area (Å²) in [6.45, 7) is 2.00. The van der Waals surface area contributed by atoms with E-state index in [0.717, 1.165) is 15.8 Å². The van der Waals surface area contributed by atoms with Gasteiger partial charge in [0.05, 0.1) is 12.1 Å². The average Bonchev–Trinajstić information content (AvgIpc) is 3.21. The van der Waals surface area contributed by atoms with Crippen LogP contribution in [0.25, 0.3) is 10.9 Å². The predicted molar refractivity (Wildman–Crippen MR) is 89.3 cm³/mol. The first-order valence-corrected chi connectivity index (χ1v) is 8.10.